The first-order chi connectivity index (χ1) is 9.54. The Morgan fingerprint density at radius 1 is 1.45 bits per heavy atom. The van der Waals surface area contributed by atoms with E-state index in [-0.39, 0.29) is 18.6 Å². The van der Waals surface area contributed by atoms with Crippen LogP contribution in [0.25, 0.3) is 5.70 Å². The number of halogens is 1. The van der Waals surface area contributed by atoms with Gasteiger partial charge in [0.2, 0.25) is 5.91 Å². The molecule has 0 aromatic heterocycles. The van der Waals surface area contributed by atoms with Crippen LogP contribution >= 0.6 is 11.6 Å². The molecule has 1 atom stereocenters. The van der Waals surface area contributed by atoms with Crippen LogP contribution < -0.4 is 4.74 Å². The van der Waals surface area contributed by atoms with E-state index in [0.717, 1.165) is 17.7 Å². The number of methoxy groups -OCH3 is 1. The predicted octanol–water partition coefficient (Wildman–Crippen LogP) is 3.16. The van der Waals surface area contributed by atoms with Crippen LogP contribution in [0.5, 0.6) is 5.75 Å². The first kappa shape index (κ1) is 14.9. The SMILES string of the molecule is COCOc1ccc(C2=CCC(C)C(=O)N2C)c(Cl)c1. The molecule has 0 radical (unpaired) electrons. The Balaban J connectivity index is 2.27. The van der Waals surface area contributed by atoms with Gasteiger partial charge in [0.1, 0.15) is 5.75 Å². The summed E-state index contributed by atoms with van der Waals surface area (Å²) in [5.74, 6) is 0.768. The third-order valence-corrected chi connectivity index (χ3v) is 3.65. The number of benzene rings is 1. The highest BCUT2D eigenvalue weighted by Crippen LogP contribution is 2.33. The summed E-state index contributed by atoms with van der Waals surface area (Å²) in [7, 11) is 3.33. The van der Waals surface area contributed by atoms with Crippen LogP contribution in [0.2, 0.25) is 5.02 Å². The van der Waals surface area contributed by atoms with Gasteiger partial charge in [-0.15, -0.1) is 0 Å². The Morgan fingerprint density at radius 2 is 2.20 bits per heavy atom. The highest BCUT2D eigenvalue weighted by molar-refractivity contribution is 6.32. The predicted molar refractivity (Wildman–Crippen MR) is 78.5 cm³/mol. The van der Waals surface area contributed by atoms with Crippen LogP contribution in [0.15, 0.2) is 24.3 Å². The van der Waals surface area contributed by atoms with Crippen molar-refractivity contribution in [1.82, 2.24) is 4.90 Å². The number of allylic oxidation sites excluding steroid dienone is 1. The maximum absolute atomic E-state index is 12.0. The number of rotatable bonds is 4. The van der Waals surface area contributed by atoms with Crippen molar-refractivity contribution in [2.24, 2.45) is 5.92 Å². The molecule has 20 heavy (non-hydrogen) atoms. The van der Waals surface area contributed by atoms with Crippen molar-refractivity contribution in [3.8, 4) is 5.75 Å². The molecule has 0 saturated heterocycles. The van der Waals surface area contributed by atoms with Crippen LogP contribution in [-0.4, -0.2) is 31.8 Å². The fourth-order valence-electron chi connectivity index (χ4n) is 2.19. The average molecular weight is 296 g/mol. The van der Waals surface area contributed by atoms with Crippen LogP contribution in [-0.2, 0) is 9.53 Å². The number of nitrogens with zero attached hydrogens (tertiary/aromatic N) is 1. The zero-order chi connectivity index (χ0) is 14.7. The molecule has 0 aliphatic carbocycles. The summed E-state index contributed by atoms with van der Waals surface area (Å²) in [5, 5.41) is 0.555. The fourth-order valence-corrected chi connectivity index (χ4v) is 2.45. The van der Waals surface area contributed by atoms with Crippen molar-refractivity contribution < 1.29 is 14.3 Å². The molecule has 0 N–H and O–H groups in total. The molecular formula is C15H18ClNO3. The molecule has 1 aromatic carbocycles. The van der Waals surface area contributed by atoms with Crippen LogP contribution in [0.3, 0.4) is 0 Å². The van der Waals surface area contributed by atoms with E-state index in [4.69, 9.17) is 21.1 Å². The molecular weight excluding hydrogens is 278 g/mol. The Labute approximate surface area is 123 Å². The lowest BCUT2D eigenvalue weighted by molar-refractivity contribution is -0.131. The average Bonchev–Trinajstić information content (AvgIpc) is 2.44. The second-order valence-electron chi connectivity index (χ2n) is 4.82. The van der Waals surface area contributed by atoms with Gasteiger partial charge in [-0.05, 0) is 24.6 Å². The Morgan fingerprint density at radius 3 is 2.85 bits per heavy atom. The summed E-state index contributed by atoms with van der Waals surface area (Å²) >= 11 is 6.29. The number of ether oxygens (including phenoxy) is 2. The van der Waals surface area contributed by atoms with Gasteiger partial charge in [-0.3, -0.25) is 4.79 Å². The maximum Gasteiger partial charge on any atom is 0.229 e. The first-order valence-corrected chi connectivity index (χ1v) is 6.81. The van der Waals surface area contributed by atoms with E-state index in [0.29, 0.717) is 10.8 Å². The topological polar surface area (TPSA) is 38.8 Å². The minimum absolute atomic E-state index is 0.0202. The van der Waals surface area contributed by atoms with E-state index in [2.05, 4.69) is 0 Å². The lowest BCUT2D eigenvalue weighted by Crippen LogP contribution is -2.33. The molecule has 4 nitrogen and oxygen atoms in total. The molecule has 0 bridgehead atoms. The number of hydrogen-bond acceptors (Lipinski definition) is 3. The number of carbonyl (C=O) groups excluding carboxylic acids is 1. The number of hydrogen-bond donors (Lipinski definition) is 0. The van der Waals surface area contributed by atoms with Gasteiger partial charge < -0.3 is 14.4 Å². The van der Waals surface area contributed by atoms with Crippen molar-refractivity contribution in [2.75, 3.05) is 21.0 Å². The van der Waals surface area contributed by atoms with E-state index in [1.165, 1.54) is 0 Å². The second-order valence-corrected chi connectivity index (χ2v) is 5.22. The fraction of sp³-hybridized carbons (Fsp3) is 0.400. The Kier molecular flexibility index (Phi) is 4.68. The zero-order valence-electron chi connectivity index (χ0n) is 11.9. The minimum atomic E-state index is 0.0202. The summed E-state index contributed by atoms with van der Waals surface area (Å²) in [6, 6.07) is 5.41. The van der Waals surface area contributed by atoms with Crippen molar-refractivity contribution in [3.05, 3.63) is 34.9 Å². The number of carbonyl (C=O) groups is 1. The van der Waals surface area contributed by atoms with Crippen LogP contribution in [0, 0.1) is 5.92 Å². The van der Waals surface area contributed by atoms with Crippen molar-refractivity contribution in [3.63, 3.8) is 0 Å². The summed E-state index contributed by atoms with van der Waals surface area (Å²) in [6.07, 6.45) is 2.78. The molecule has 1 aromatic rings. The van der Waals surface area contributed by atoms with Crippen LogP contribution in [0.1, 0.15) is 18.9 Å². The van der Waals surface area contributed by atoms with Gasteiger partial charge in [-0.25, -0.2) is 0 Å². The van der Waals surface area contributed by atoms with Crippen LogP contribution in [0.4, 0.5) is 0 Å². The molecule has 0 saturated carbocycles. The van der Waals surface area contributed by atoms with Crippen molar-refractivity contribution in [2.45, 2.75) is 13.3 Å². The molecule has 5 heteroatoms. The smallest absolute Gasteiger partial charge is 0.229 e. The Hall–Kier alpha value is -1.52. The maximum atomic E-state index is 12.0. The van der Waals surface area contributed by atoms with Gasteiger partial charge in [0.25, 0.3) is 0 Å². The van der Waals surface area contributed by atoms with Crippen molar-refractivity contribution >= 4 is 23.2 Å². The van der Waals surface area contributed by atoms with E-state index >= 15 is 0 Å². The van der Waals surface area contributed by atoms with Gasteiger partial charge in [0.15, 0.2) is 6.79 Å². The highest BCUT2D eigenvalue weighted by Gasteiger charge is 2.26. The summed E-state index contributed by atoms with van der Waals surface area (Å²) in [6.45, 7) is 2.10. The van der Waals surface area contributed by atoms with E-state index in [9.17, 15) is 4.79 Å². The lowest BCUT2D eigenvalue weighted by Gasteiger charge is -2.29. The monoisotopic (exact) mass is 295 g/mol. The zero-order valence-corrected chi connectivity index (χ0v) is 12.6. The highest BCUT2D eigenvalue weighted by atomic mass is 35.5. The largest absolute Gasteiger partial charge is 0.468 e. The van der Waals surface area contributed by atoms with Gasteiger partial charge in [-0.2, -0.15) is 0 Å². The molecule has 1 unspecified atom stereocenters. The summed E-state index contributed by atoms with van der Waals surface area (Å²) < 4.78 is 10.2. The summed E-state index contributed by atoms with van der Waals surface area (Å²) in [4.78, 5) is 13.7. The third-order valence-electron chi connectivity index (χ3n) is 3.34. The molecule has 1 heterocycles. The molecule has 1 aliphatic heterocycles. The van der Waals surface area contributed by atoms with Gasteiger partial charge in [-0.1, -0.05) is 24.6 Å². The minimum Gasteiger partial charge on any atom is -0.468 e. The number of amides is 1. The lowest BCUT2D eigenvalue weighted by atomic mass is 9.98. The standard InChI is InChI=1S/C15H18ClNO3/c1-10-4-7-14(17(2)15(10)18)12-6-5-11(8-13(12)16)20-9-19-3/h5-8,10H,4,9H2,1-3H3. The molecule has 2 rings (SSSR count). The Bertz CT molecular complexity index is 542. The van der Waals surface area contributed by atoms with E-state index in [1.54, 1.807) is 25.1 Å². The third kappa shape index (κ3) is 2.97. The van der Waals surface area contributed by atoms with Gasteiger partial charge >= 0.3 is 0 Å². The molecule has 1 aliphatic rings. The van der Waals surface area contributed by atoms with Gasteiger partial charge in [0, 0.05) is 31.3 Å². The second kappa shape index (κ2) is 6.29. The van der Waals surface area contributed by atoms with E-state index in [1.807, 2.05) is 25.1 Å². The van der Waals surface area contributed by atoms with E-state index < -0.39 is 0 Å². The molecule has 1 amide bonds. The summed E-state index contributed by atoms with van der Waals surface area (Å²) in [5.41, 5.74) is 1.68. The molecule has 0 spiro atoms. The van der Waals surface area contributed by atoms with Gasteiger partial charge in [0.05, 0.1) is 5.02 Å². The molecule has 108 valence electrons. The quantitative estimate of drug-likeness (QED) is 0.801. The van der Waals surface area contributed by atoms with Crippen molar-refractivity contribution in [1.29, 1.82) is 0 Å². The first-order valence-electron chi connectivity index (χ1n) is 6.44. The molecule has 0 fully saturated rings. The normalized spacial score (nSPS) is 19.0.